The predicted octanol–water partition coefficient (Wildman–Crippen LogP) is 4.17. The highest BCUT2D eigenvalue weighted by Gasteiger charge is 2.05. The van der Waals surface area contributed by atoms with Crippen LogP contribution in [0.1, 0.15) is 20.7 Å². The van der Waals surface area contributed by atoms with E-state index in [2.05, 4.69) is 0 Å². The summed E-state index contributed by atoms with van der Waals surface area (Å²) in [6, 6.07) is 7.83. The Morgan fingerprint density at radius 2 is 1.23 bits per heavy atom. The van der Waals surface area contributed by atoms with Crippen molar-refractivity contribution in [2.24, 2.45) is 0 Å². The normalized spacial score (nSPS) is 9.59. The molecule has 2 aromatic rings. The summed E-state index contributed by atoms with van der Waals surface area (Å²) in [4.78, 5) is 20.8. The molecule has 0 saturated heterocycles. The van der Waals surface area contributed by atoms with Crippen LogP contribution in [0.4, 0.5) is 0 Å². The molecule has 0 unspecified atom stereocenters. The van der Waals surface area contributed by atoms with Gasteiger partial charge in [0.1, 0.15) is 11.5 Å². The summed E-state index contributed by atoms with van der Waals surface area (Å²) >= 11 is 16.1. The highest BCUT2D eigenvalue weighted by molar-refractivity contribution is 6.67. The van der Waals surface area contributed by atoms with Gasteiger partial charge in [0, 0.05) is 5.56 Å². The molecule has 2 rings (SSSR count). The average molecular weight is 364 g/mol. The lowest BCUT2D eigenvalue weighted by Gasteiger charge is -1.96. The number of rotatable bonds is 2. The van der Waals surface area contributed by atoms with Gasteiger partial charge >= 0.3 is 5.97 Å². The summed E-state index contributed by atoms with van der Waals surface area (Å²) in [6.45, 7) is 0. The topological polar surface area (TPSA) is 94.8 Å². The molecule has 2 aromatic carbocycles. The van der Waals surface area contributed by atoms with E-state index in [4.69, 9.17) is 50.1 Å². The Morgan fingerprint density at radius 3 is 1.59 bits per heavy atom. The van der Waals surface area contributed by atoms with Gasteiger partial charge in [-0.1, -0.05) is 23.2 Å². The monoisotopic (exact) mass is 362 g/mol. The largest absolute Gasteiger partial charge is 0.506 e. The first kappa shape index (κ1) is 18.1. The van der Waals surface area contributed by atoms with Gasteiger partial charge in [-0.2, -0.15) is 0 Å². The van der Waals surface area contributed by atoms with Crippen LogP contribution in [0.2, 0.25) is 10.0 Å². The SMILES string of the molecule is O=C(Cl)c1ccc(Cl)c(O)c1.O=C(O)c1ccc(Cl)c(O)c1. The minimum atomic E-state index is -1.09. The van der Waals surface area contributed by atoms with Crippen LogP contribution in [0.25, 0.3) is 0 Å². The van der Waals surface area contributed by atoms with Crippen molar-refractivity contribution in [2.75, 3.05) is 0 Å². The fourth-order valence-corrected chi connectivity index (χ4v) is 1.63. The molecule has 0 amide bonds. The molecule has 116 valence electrons. The molecule has 0 atom stereocenters. The summed E-state index contributed by atoms with van der Waals surface area (Å²) in [5.74, 6) is -1.44. The van der Waals surface area contributed by atoms with E-state index >= 15 is 0 Å². The molecule has 0 radical (unpaired) electrons. The molecule has 0 saturated carbocycles. The predicted molar refractivity (Wildman–Crippen MR) is 83.4 cm³/mol. The first-order valence-corrected chi connectivity index (χ1v) is 6.76. The Morgan fingerprint density at radius 1 is 0.818 bits per heavy atom. The molecule has 0 aliphatic rings. The molecule has 3 N–H and O–H groups in total. The molecule has 22 heavy (non-hydrogen) atoms. The summed E-state index contributed by atoms with van der Waals surface area (Å²) in [5, 5.41) is 26.1. The Labute approximate surface area is 140 Å². The van der Waals surface area contributed by atoms with E-state index in [0.29, 0.717) is 0 Å². The smallest absolute Gasteiger partial charge is 0.335 e. The molecule has 0 bridgehead atoms. The van der Waals surface area contributed by atoms with Crippen LogP contribution in [0.15, 0.2) is 36.4 Å². The van der Waals surface area contributed by atoms with Gasteiger partial charge in [-0.25, -0.2) is 4.79 Å². The van der Waals surface area contributed by atoms with Gasteiger partial charge in [0.25, 0.3) is 5.24 Å². The Hall–Kier alpha value is -1.95. The molecule has 0 aromatic heterocycles. The van der Waals surface area contributed by atoms with Crippen molar-refractivity contribution in [3.63, 3.8) is 0 Å². The number of hydrogen-bond acceptors (Lipinski definition) is 4. The Bertz CT molecular complexity index is 654. The lowest BCUT2D eigenvalue weighted by molar-refractivity contribution is 0.0696. The zero-order valence-electron chi connectivity index (χ0n) is 10.8. The van der Waals surface area contributed by atoms with Crippen molar-refractivity contribution in [3.05, 3.63) is 57.6 Å². The van der Waals surface area contributed by atoms with E-state index in [9.17, 15) is 9.59 Å². The summed E-state index contributed by atoms with van der Waals surface area (Å²) in [5.41, 5.74) is 0.250. The van der Waals surface area contributed by atoms with Crippen LogP contribution in [0.5, 0.6) is 11.5 Å². The van der Waals surface area contributed by atoms with Crippen molar-refractivity contribution in [2.45, 2.75) is 0 Å². The number of aromatic hydroxyl groups is 2. The molecule has 5 nitrogen and oxygen atoms in total. The maximum atomic E-state index is 10.5. The van der Waals surface area contributed by atoms with Crippen LogP contribution in [-0.4, -0.2) is 26.5 Å². The number of carboxylic acid groups (broad SMARTS) is 1. The van der Waals surface area contributed by atoms with Crippen molar-refractivity contribution in [3.8, 4) is 11.5 Å². The van der Waals surface area contributed by atoms with Crippen LogP contribution >= 0.6 is 34.8 Å². The number of carbonyl (C=O) groups is 2. The van der Waals surface area contributed by atoms with Gasteiger partial charge in [-0.05, 0) is 48.0 Å². The zero-order chi connectivity index (χ0) is 16.9. The number of phenols is 2. The maximum absolute atomic E-state index is 10.5. The van der Waals surface area contributed by atoms with Crippen molar-refractivity contribution in [1.29, 1.82) is 0 Å². The van der Waals surface area contributed by atoms with Gasteiger partial charge in [-0.3, -0.25) is 4.79 Å². The van der Waals surface area contributed by atoms with Crippen LogP contribution in [0, 0.1) is 0 Å². The highest BCUT2D eigenvalue weighted by Crippen LogP contribution is 2.24. The summed E-state index contributed by atoms with van der Waals surface area (Å²) in [7, 11) is 0. The third kappa shape index (κ3) is 5.11. The maximum Gasteiger partial charge on any atom is 0.335 e. The van der Waals surface area contributed by atoms with Crippen molar-refractivity contribution in [1.82, 2.24) is 0 Å². The first-order valence-electron chi connectivity index (χ1n) is 5.62. The van der Waals surface area contributed by atoms with E-state index in [1.807, 2.05) is 0 Å². The van der Waals surface area contributed by atoms with E-state index in [1.54, 1.807) is 0 Å². The fourth-order valence-electron chi connectivity index (χ4n) is 1.28. The van der Waals surface area contributed by atoms with E-state index in [-0.39, 0.29) is 32.7 Å². The summed E-state index contributed by atoms with van der Waals surface area (Å²) < 4.78 is 0. The van der Waals surface area contributed by atoms with Gasteiger partial charge in [0.15, 0.2) is 0 Å². The molecule has 0 aliphatic heterocycles. The van der Waals surface area contributed by atoms with Crippen molar-refractivity contribution < 1.29 is 24.9 Å². The molecule has 8 heteroatoms. The van der Waals surface area contributed by atoms with Crippen molar-refractivity contribution >= 4 is 46.0 Å². The minimum absolute atomic E-state index is 0.0203. The lowest BCUT2D eigenvalue weighted by atomic mass is 10.2. The van der Waals surface area contributed by atoms with Crippen LogP contribution < -0.4 is 0 Å². The zero-order valence-corrected chi connectivity index (χ0v) is 13.0. The van der Waals surface area contributed by atoms with Gasteiger partial charge in [0.2, 0.25) is 0 Å². The molecule has 0 heterocycles. The van der Waals surface area contributed by atoms with Gasteiger partial charge in [-0.15, -0.1) is 0 Å². The number of halogens is 3. The second kappa shape index (κ2) is 7.89. The third-order valence-corrected chi connectivity index (χ3v) is 3.22. The molecule has 0 spiro atoms. The number of hydrogen-bond donors (Lipinski definition) is 3. The highest BCUT2D eigenvalue weighted by atomic mass is 35.5. The molecular formula is C14H9Cl3O5. The second-order valence-electron chi connectivity index (χ2n) is 3.91. The van der Waals surface area contributed by atoms with Gasteiger partial charge in [0.05, 0.1) is 15.6 Å². The standard InChI is InChI=1S/C7H4Cl2O2.C7H5ClO3/c8-5-2-1-4(7(9)11)3-6(5)10;8-5-2-1-4(7(10)11)3-6(5)9/h1-3,10H;1-3,9H,(H,10,11). The number of carboxylic acids is 1. The fraction of sp³-hybridized carbons (Fsp3) is 0. The Balaban J connectivity index is 0.000000220. The lowest BCUT2D eigenvalue weighted by Crippen LogP contribution is -1.94. The van der Waals surface area contributed by atoms with E-state index in [1.165, 1.54) is 30.3 Å². The summed E-state index contributed by atoms with van der Waals surface area (Å²) in [6.07, 6.45) is 0. The number of aromatic carboxylic acids is 1. The Kier molecular flexibility index (Phi) is 6.49. The average Bonchev–Trinajstić information content (AvgIpc) is 2.45. The van der Waals surface area contributed by atoms with Gasteiger partial charge < -0.3 is 15.3 Å². The number of phenolic OH excluding ortho intramolecular Hbond substituents is 2. The van der Waals surface area contributed by atoms with E-state index in [0.717, 1.165) is 6.07 Å². The number of carbonyl (C=O) groups excluding carboxylic acids is 1. The first-order chi connectivity index (χ1) is 10.2. The second-order valence-corrected chi connectivity index (χ2v) is 5.07. The quantitative estimate of drug-likeness (QED) is 0.696. The third-order valence-electron chi connectivity index (χ3n) is 2.37. The molecule has 0 aliphatic carbocycles. The number of benzene rings is 2. The minimum Gasteiger partial charge on any atom is -0.506 e. The van der Waals surface area contributed by atoms with Crippen LogP contribution in [-0.2, 0) is 0 Å². The molecular weight excluding hydrogens is 355 g/mol. The van der Waals surface area contributed by atoms with Crippen LogP contribution in [0.3, 0.4) is 0 Å². The van der Waals surface area contributed by atoms with E-state index < -0.39 is 11.2 Å². The molecule has 0 fully saturated rings.